The minimum Gasteiger partial charge on any atom is -0.493 e. The van der Waals surface area contributed by atoms with Crippen LogP contribution in [0.15, 0.2) is 47.4 Å². The van der Waals surface area contributed by atoms with E-state index < -0.39 is 10.0 Å². The number of nitrogens with zero attached hydrogens (tertiary/aromatic N) is 3. The second-order valence-electron chi connectivity index (χ2n) is 7.10. The molecule has 32 heavy (non-hydrogen) atoms. The Bertz CT molecular complexity index is 1280. The van der Waals surface area contributed by atoms with Crippen LogP contribution in [0, 0.1) is 10.8 Å². The second-order valence-corrected chi connectivity index (χ2v) is 10.3. The van der Waals surface area contributed by atoms with Crippen LogP contribution < -0.4 is 14.3 Å². The molecule has 0 unspecified atom stereocenters. The smallest absolute Gasteiger partial charge is 0.242 e. The van der Waals surface area contributed by atoms with Crippen molar-refractivity contribution in [3.63, 3.8) is 0 Å². The zero-order chi connectivity index (χ0) is 23.5. The summed E-state index contributed by atoms with van der Waals surface area (Å²) in [6.07, 6.45) is 0.488. The number of ether oxygens (including phenoxy) is 2. The standard InChI is InChI=1S/C21H25N5O4S2/c1-25(2)32(27,28)18-13-17(30-4)16(29-3)11-15(18)12-19(22)26-21(23)31-20(24-26)10-14-8-6-5-7-9-14/h5-9,11,13,22-23H,10,12H2,1-4H3. The molecule has 0 fully saturated rings. The van der Waals surface area contributed by atoms with E-state index in [1.165, 1.54) is 50.4 Å². The van der Waals surface area contributed by atoms with Gasteiger partial charge in [-0.3, -0.25) is 10.8 Å². The number of methoxy groups -OCH3 is 2. The molecule has 2 N–H and O–H groups in total. The van der Waals surface area contributed by atoms with Crippen LogP contribution in [-0.2, 0) is 22.9 Å². The highest BCUT2D eigenvalue weighted by Crippen LogP contribution is 2.34. The highest BCUT2D eigenvalue weighted by molar-refractivity contribution is 7.89. The van der Waals surface area contributed by atoms with Gasteiger partial charge in [0.15, 0.2) is 11.5 Å². The predicted molar refractivity (Wildman–Crippen MR) is 122 cm³/mol. The average molecular weight is 476 g/mol. The van der Waals surface area contributed by atoms with Crippen LogP contribution in [0.4, 0.5) is 0 Å². The number of aromatic nitrogens is 2. The van der Waals surface area contributed by atoms with Crippen molar-refractivity contribution in [3.8, 4) is 11.5 Å². The van der Waals surface area contributed by atoms with Crippen molar-refractivity contribution in [3.05, 3.63) is 63.4 Å². The van der Waals surface area contributed by atoms with Gasteiger partial charge in [-0.15, -0.1) is 0 Å². The van der Waals surface area contributed by atoms with Gasteiger partial charge in [0.2, 0.25) is 14.8 Å². The van der Waals surface area contributed by atoms with Crippen LogP contribution in [0.3, 0.4) is 0 Å². The Morgan fingerprint density at radius 1 is 1.12 bits per heavy atom. The molecule has 1 heterocycles. The third-order valence-corrected chi connectivity index (χ3v) is 7.48. The van der Waals surface area contributed by atoms with Gasteiger partial charge >= 0.3 is 0 Å². The zero-order valence-electron chi connectivity index (χ0n) is 18.2. The van der Waals surface area contributed by atoms with E-state index >= 15 is 0 Å². The van der Waals surface area contributed by atoms with Gasteiger partial charge < -0.3 is 9.47 Å². The van der Waals surface area contributed by atoms with Crippen LogP contribution >= 0.6 is 11.3 Å². The summed E-state index contributed by atoms with van der Waals surface area (Å²) in [4.78, 5) is 0.107. The van der Waals surface area contributed by atoms with Crippen molar-refractivity contribution in [2.45, 2.75) is 17.7 Å². The van der Waals surface area contributed by atoms with Crippen molar-refractivity contribution in [1.82, 2.24) is 14.1 Å². The van der Waals surface area contributed by atoms with Gasteiger partial charge in [-0.1, -0.05) is 41.7 Å². The number of hydrogen-bond acceptors (Lipinski definition) is 8. The van der Waals surface area contributed by atoms with Gasteiger partial charge in [0, 0.05) is 33.0 Å². The topological polar surface area (TPSA) is 121 Å². The molecule has 3 rings (SSSR count). The van der Waals surface area contributed by atoms with E-state index in [9.17, 15) is 8.42 Å². The molecular formula is C21H25N5O4S2. The van der Waals surface area contributed by atoms with Crippen LogP contribution in [0.5, 0.6) is 11.5 Å². The van der Waals surface area contributed by atoms with Gasteiger partial charge in [0.05, 0.1) is 19.1 Å². The molecule has 0 aliphatic heterocycles. The summed E-state index contributed by atoms with van der Waals surface area (Å²) in [5.74, 6) is 0.607. The second kappa shape index (κ2) is 9.63. The maximum atomic E-state index is 12.9. The summed E-state index contributed by atoms with van der Waals surface area (Å²) in [6, 6.07) is 12.7. The lowest BCUT2D eigenvalue weighted by atomic mass is 10.1. The van der Waals surface area contributed by atoms with E-state index in [2.05, 4.69) is 5.10 Å². The molecule has 11 heteroatoms. The first-order valence-electron chi connectivity index (χ1n) is 9.60. The summed E-state index contributed by atoms with van der Waals surface area (Å²) < 4.78 is 38.8. The number of nitrogens with one attached hydrogen (secondary N) is 2. The minimum atomic E-state index is -3.81. The van der Waals surface area contributed by atoms with Crippen molar-refractivity contribution in [2.24, 2.45) is 0 Å². The Labute approximate surface area is 190 Å². The van der Waals surface area contributed by atoms with Gasteiger partial charge in [-0.05, 0) is 17.2 Å². The first kappa shape index (κ1) is 23.6. The molecule has 2 aromatic carbocycles. The summed E-state index contributed by atoms with van der Waals surface area (Å²) in [7, 11) is 1.95. The van der Waals surface area contributed by atoms with Crippen LogP contribution in [0.25, 0.3) is 0 Å². The fourth-order valence-electron chi connectivity index (χ4n) is 3.09. The monoisotopic (exact) mass is 475 g/mol. The molecule has 0 amide bonds. The maximum Gasteiger partial charge on any atom is 0.242 e. The van der Waals surface area contributed by atoms with Gasteiger partial charge in [-0.2, -0.15) is 9.78 Å². The Morgan fingerprint density at radius 3 is 2.34 bits per heavy atom. The van der Waals surface area contributed by atoms with Crippen molar-refractivity contribution in [1.29, 1.82) is 10.8 Å². The molecule has 9 nitrogen and oxygen atoms in total. The third kappa shape index (κ3) is 4.90. The van der Waals surface area contributed by atoms with Crippen molar-refractivity contribution >= 4 is 27.2 Å². The van der Waals surface area contributed by atoms with Crippen molar-refractivity contribution < 1.29 is 17.9 Å². The van der Waals surface area contributed by atoms with E-state index in [1.807, 2.05) is 30.3 Å². The van der Waals surface area contributed by atoms with Crippen LogP contribution in [0.2, 0.25) is 0 Å². The highest BCUT2D eigenvalue weighted by atomic mass is 32.2. The molecule has 0 spiro atoms. The molecular weight excluding hydrogens is 450 g/mol. The largest absolute Gasteiger partial charge is 0.493 e. The van der Waals surface area contributed by atoms with E-state index in [0.717, 1.165) is 9.87 Å². The number of benzene rings is 2. The lowest BCUT2D eigenvalue weighted by Crippen LogP contribution is -2.27. The molecule has 0 atom stereocenters. The Balaban J connectivity index is 1.98. The summed E-state index contributed by atoms with van der Waals surface area (Å²) >= 11 is 1.18. The lowest BCUT2D eigenvalue weighted by Gasteiger charge is -2.18. The molecule has 0 saturated heterocycles. The first-order chi connectivity index (χ1) is 15.2. The molecule has 0 radical (unpaired) electrons. The number of hydrogen-bond donors (Lipinski definition) is 2. The maximum absolute atomic E-state index is 12.9. The van der Waals surface area contributed by atoms with Gasteiger partial charge in [0.1, 0.15) is 10.8 Å². The average Bonchev–Trinajstić information content (AvgIpc) is 3.13. The SMILES string of the molecule is COc1cc(CC(=N)n2nc(Cc3ccccc3)sc2=N)c(S(=O)(=O)N(C)C)cc1OC. The summed E-state index contributed by atoms with van der Waals surface area (Å²) in [5, 5.41) is 21.9. The molecule has 0 aliphatic carbocycles. The minimum absolute atomic E-state index is 0.0109. The van der Waals surface area contributed by atoms with E-state index in [0.29, 0.717) is 22.7 Å². The Hall–Kier alpha value is -3.02. The number of rotatable bonds is 8. The van der Waals surface area contributed by atoms with Crippen LogP contribution in [-0.4, -0.2) is 56.7 Å². The van der Waals surface area contributed by atoms with E-state index in [-0.39, 0.29) is 27.7 Å². The fraction of sp³-hybridized carbons (Fsp3) is 0.286. The third-order valence-electron chi connectivity index (χ3n) is 4.76. The highest BCUT2D eigenvalue weighted by Gasteiger charge is 2.25. The zero-order valence-corrected chi connectivity index (χ0v) is 19.9. The van der Waals surface area contributed by atoms with Gasteiger partial charge in [-0.25, -0.2) is 12.7 Å². The number of sulfonamides is 1. The quantitative estimate of drug-likeness (QED) is 0.383. The van der Waals surface area contributed by atoms with Crippen LogP contribution in [0.1, 0.15) is 16.1 Å². The van der Waals surface area contributed by atoms with Crippen molar-refractivity contribution in [2.75, 3.05) is 28.3 Å². The molecule has 3 aromatic rings. The van der Waals surface area contributed by atoms with E-state index in [1.54, 1.807) is 6.07 Å². The van der Waals surface area contributed by atoms with E-state index in [4.69, 9.17) is 20.3 Å². The normalized spacial score (nSPS) is 11.5. The molecule has 0 bridgehead atoms. The fourth-order valence-corrected chi connectivity index (χ4v) is 5.02. The summed E-state index contributed by atoms with van der Waals surface area (Å²) in [5.41, 5.74) is 1.41. The summed E-state index contributed by atoms with van der Waals surface area (Å²) in [6.45, 7) is 0. The van der Waals surface area contributed by atoms with Gasteiger partial charge in [0.25, 0.3) is 0 Å². The molecule has 0 saturated carbocycles. The predicted octanol–water partition coefficient (Wildman–Crippen LogP) is 2.35. The molecule has 170 valence electrons. The Kier molecular flexibility index (Phi) is 7.12. The molecule has 0 aliphatic rings. The first-order valence-corrected chi connectivity index (χ1v) is 11.9. The molecule has 1 aromatic heterocycles. The Morgan fingerprint density at radius 2 is 1.75 bits per heavy atom. The lowest BCUT2D eigenvalue weighted by molar-refractivity contribution is 0.353.